The average molecular weight is 571 g/mol. The number of benzene rings is 2. The van der Waals surface area contributed by atoms with Crippen molar-refractivity contribution in [3.63, 3.8) is 0 Å². The van der Waals surface area contributed by atoms with E-state index in [1.807, 2.05) is 67.5 Å². The maximum Gasteiger partial charge on any atom is 0.338 e. The number of carbonyl (C=O) groups excluding carboxylic acids is 1. The smallest absolute Gasteiger partial charge is 0.338 e. The minimum atomic E-state index is -0.752. The fourth-order valence-electron chi connectivity index (χ4n) is 4.09. The van der Waals surface area contributed by atoms with E-state index in [2.05, 4.69) is 20.9 Å². The Morgan fingerprint density at radius 3 is 2.50 bits per heavy atom. The summed E-state index contributed by atoms with van der Waals surface area (Å²) in [6, 6.07) is 12.7. The van der Waals surface area contributed by atoms with Gasteiger partial charge in [0.2, 0.25) is 0 Å². The van der Waals surface area contributed by atoms with E-state index in [-0.39, 0.29) is 11.7 Å². The van der Waals surface area contributed by atoms with Crippen LogP contribution < -0.4 is 24.5 Å². The zero-order valence-corrected chi connectivity index (χ0v) is 23.4. The number of aromatic nitrogens is 1. The second-order valence-electron chi connectivity index (χ2n) is 8.91. The summed E-state index contributed by atoms with van der Waals surface area (Å²) < 4.78 is 14.1. The fraction of sp³-hybridized carbons (Fsp3) is 0.296. The van der Waals surface area contributed by atoms with Crippen LogP contribution in [0.4, 0.5) is 5.69 Å². The molecular formula is C27H28BrN3O4S. The standard InChI is InChI=1S/C27H28BrN3O4S/c1-15(2)35-26(33)23-16(3)29-27-31(24(23)20-14-18(28)9-12-21(20)34-6)25(32)22(36-27)13-17-7-10-19(11-8-17)30(4)5/h7-15,24H,1-6H3/b22-13-/t24-/m1/s1. The topological polar surface area (TPSA) is 73.1 Å². The van der Waals surface area contributed by atoms with E-state index < -0.39 is 12.0 Å². The highest BCUT2D eigenvalue weighted by molar-refractivity contribution is 9.10. The van der Waals surface area contributed by atoms with E-state index in [4.69, 9.17) is 9.47 Å². The van der Waals surface area contributed by atoms with E-state index in [1.54, 1.807) is 32.4 Å². The molecule has 9 heteroatoms. The normalized spacial score (nSPS) is 15.6. The highest BCUT2D eigenvalue weighted by atomic mass is 79.9. The minimum absolute atomic E-state index is 0.232. The molecule has 0 unspecified atom stereocenters. The van der Waals surface area contributed by atoms with Gasteiger partial charge in [0.05, 0.1) is 29.0 Å². The summed E-state index contributed by atoms with van der Waals surface area (Å²) >= 11 is 4.82. The molecule has 0 N–H and O–H groups in total. The van der Waals surface area contributed by atoms with E-state index >= 15 is 0 Å². The Balaban J connectivity index is 1.95. The summed E-state index contributed by atoms with van der Waals surface area (Å²) in [5.41, 5.74) is 3.23. The Hall–Kier alpha value is -3.17. The first-order valence-electron chi connectivity index (χ1n) is 11.4. The van der Waals surface area contributed by atoms with Crippen LogP contribution in [0.5, 0.6) is 5.75 Å². The van der Waals surface area contributed by atoms with Gasteiger partial charge in [-0.05, 0) is 62.7 Å². The third-order valence-electron chi connectivity index (χ3n) is 5.78. The molecule has 188 valence electrons. The zero-order chi connectivity index (χ0) is 26.1. The number of anilines is 1. The van der Waals surface area contributed by atoms with Crippen molar-refractivity contribution in [2.45, 2.75) is 32.9 Å². The number of ether oxygens (including phenoxy) is 2. The van der Waals surface area contributed by atoms with E-state index in [9.17, 15) is 9.59 Å². The van der Waals surface area contributed by atoms with Gasteiger partial charge in [0.25, 0.3) is 5.56 Å². The lowest BCUT2D eigenvalue weighted by Crippen LogP contribution is -2.40. The number of allylic oxidation sites excluding steroid dienone is 1. The van der Waals surface area contributed by atoms with Crippen LogP contribution in [0.3, 0.4) is 0 Å². The number of hydrogen-bond acceptors (Lipinski definition) is 7. The van der Waals surface area contributed by atoms with Crippen LogP contribution >= 0.6 is 27.3 Å². The van der Waals surface area contributed by atoms with Gasteiger partial charge in [-0.25, -0.2) is 9.79 Å². The third-order valence-corrected chi connectivity index (χ3v) is 7.25. The first-order valence-corrected chi connectivity index (χ1v) is 13.1. The highest BCUT2D eigenvalue weighted by Gasteiger charge is 2.35. The minimum Gasteiger partial charge on any atom is -0.496 e. The lowest BCUT2D eigenvalue weighted by molar-refractivity contribution is -0.143. The number of nitrogens with zero attached hydrogens (tertiary/aromatic N) is 3. The van der Waals surface area contributed by atoms with Crippen LogP contribution in [0.2, 0.25) is 0 Å². The predicted molar refractivity (Wildman–Crippen MR) is 146 cm³/mol. The number of esters is 1. The number of hydrogen-bond donors (Lipinski definition) is 0. The lowest BCUT2D eigenvalue weighted by atomic mass is 9.95. The van der Waals surface area contributed by atoms with Crippen LogP contribution in [-0.4, -0.2) is 37.8 Å². The summed E-state index contributed by atoms with van der Waals surface area (Å²) in [6.07, 6.45) is 1.53. The summed E-state index contributed by atoms with van der Waals surface area (Å²) in [5, 5.41) is 0. The van der Waals surface area contributed by atoms with Crippen LogP contribution in [0.25, 0.3) is 6.08 Å². The van der Waals surface area contributed by atoms with Gasteiger partial charge >= 0.3 is 5.97 Å². The molecule has 1 aliphatic heterocycles. The number of rotatable bonds is 6. The molecule has 0 spiro atoms. The molecule has 36 heavy (non-hydrogen) atoms. The first kappa shape index (κ1) is 25.9. The van der Waals surface area contributed by atoms with Gasteiger partial charge in [-0.3, -0.25) is 9.36 Å². The summed E-state index contributed by atoms with van der Waals surface area (Å²) in [4.78, 5) is 34.3. The van der Waals surface area contributed by atoms with Crippen molar-refractivity contribution in [1.82, 2.24) is 4.57 Å². The molecule has 0 amide bonds. The summed E-state index contributed by atoms with van der Waals surface area (Å²) in [7, 11) is 5.53. The van der Waals surface area contributed by atoms with Gasteiger partial charge in [0, 0.05) is 29.8 Å². The monoisotopic (exact) mass is 569 g/mol. The van der Waals surface area contributed by atoms with E-state index in [0.29, 0.717) is 31.9 Å². The molecule has 0 fully saturated rings. The van der Waals surface area contributed by atoms with E-state index in [1.165, 1.54) is 11.3 Å². The molecule has 3 aromatic rings. The molecule has 0 saturated carbocycles. The van der Waals surface area contributed by atoms with Gasteiger partial charge < -0.3 is 14.4 Å². The first-order chi connectivity index (χ1) is 17.1. The Morgan fingerprint density at radius 1 is 1.19 bits per heavy atom. The van der Waals surface area contributed by atoms with Gasteiger partial charge in [-0.1, -0.05) is 39.4 Å². The fourth-order valence-corrected chi connectivity index (χ4v) is 5.52. The Labute approximate surface area is 222 Å². The molecular weight excluding hydrogens is 542 g/mol. The zero-order valence-electron chi connectivity index (χ0n) is 21.0. The molecule has 1 aromatic heterocycles. The molecule has 2 heterocycles. The van der Waals surface area contributed by atoms with Crippen molar-refractivity contribution in [3.05, 3.63) is 89.0 Å². The van der Waals surface area contributed by atoms with Crippen molar-refractivity contribution in [3.8, 4) is 5.75 Å². The third kappa shape index (κ3) is 5.03. The van der Waals surface area contributed by atoms with Gasteiger partial charge in [0.15, 0.2) is 4.80 Å². The van der Waals surface area contributed by atoms with Gasteiger partial charge in [-0.2, -0.15) is 0 Å². The molecule has 0 aliphatic carbocycles. The Morgan fingerprint density at radius 2 is 1.89 bits per heavy atom. The average Bonchev–Trinajstić information content (AvgIpc) is 3.12. The molecule has 0 saturated heterocycles. The SMILES string of the molecule is COc1ccc(Br)cc1[C@@H]1C(C(=O)OC(C)C)=C(C)N=c2s/c(=C\c3ccc(N(C)C)cc3)c(=O)n21. The van der Waals surface area contributed by atoms with Crippen LogP contribution in [-0.2, 0) is 9.53 Å². The number of halogens is 1. The molecule has 2 aromatic carbocycles. The second kappa shape index (κ2) is 10.4. The number of fused-ring (bicyclic) bond motifs is 1. The summed E-state index contributed by atoms with van der Waals surface area (Å²) in [6.45, 7) is 5.35. The Kier molecular flexibility index (Phi) is 7.51. The van der Waals surface area contributed by atoms with Gasteiger partial charge in [-0.15, -0.1) is 0 Å². The summed E-state index contributed by atoms with van der Waals surface area (Å²) in [5.74, 6) is 0.0495. The molecule has 7 nitrogen and oxygen atoms in total. The van der Waals surface area contributed by atoms with Crippen LogP contribution in [0.15, 0.2) is 68.0 Å². The van der Waals surface area contributed by atoms with Crippen molar-refractivity contribution in [2.75, 3.05) is 26.1 Å². The maximum absolute atomic E-state index is 13.8. The van der Waals surface area contributed by atoms with Crippen molar-refractivity contribution in [2.24, 2.45) is 4.99 Å². The number of thiazole rings is 1. The van der Waals surface area contributed by atoms with Crippen molar-refractivity contribution >= 4 is 45.0 Å². The van der Waals surface area contributed by atoms with Crippen LogP contribution in [0, 0.1) is 0 Å². The quantitative estimate of drug-likeness (QED) is 0.419. The highest BCUT2D eigenvalue weighted by Crippen LogP contribution is 2.37. The molecule has 0 bridgehead atoms. The molecule has 1 aliphatic rings. The largest absolute Gasteiger partial charge is 0.496 e. The van der Waals surface area contributed by atoms with Crippen molar-refractivity contribution in [1.29, 1.82) is 0 Å². The maximum atomic E-state index is 13.8. The lowest BCUT2D eigenvalue weighted by Gasteiger charge is -2.26. The molecule has 0 radical (unpaired) electrons. The van der Waals surface area contributed by atoms with Crippen molar-refractivity contribution < 1.29 is 14.3 Å². The van der Waals surface area contributed by atoms with E-state index in [0.717, 1.165) is 15.7 Å². The molecule has 1 atom stereocenters. The number of carbonyl (C=O) groups is 1. The Bertz CT molecular complexity index is 1520. The molecule has 4 rings (SSSR count). The predicted octanol–water partition coefficient (Wildman–Crippen LogP) is 4.02. The van der Waals surface area contributed by atoms with Gasteiger partial charge in [0.1, 0.15) is 11.8 Å². The number of methoxy groups -OCH3 is 1. The van der Waals surface area contributed by atoms with Crippen LogP contribution in [0.1, 0.15) is 37.9 Å². The second-order valence-corrected chi connectivity index (χ2v) is 10.8.